The minimum absolute atomic E-state index is 0. The van der Waals surface area contributed by atoms with Gasteiger partial charge in [-0.25, -0.2) is 4.68 Å². The van der Waals surface area contributed by atoms with Crippen molar-refractivity contribution < 1.29 is 9.72 Å². The van der Waals surface area contributed by atoms with Crippen LogP contribution >= 0.6 is 12.4 Å². The molecule has 0 spiro atoms. The Morgan fingerprint density at radius 2 is 2.12 bits per heavy atom. The van der Waals surface area contributed by atoms with Crippen molar-refractivity contribution in [3.8, 4) is 0 Å². The van der Waals surface area contributed by atoms with E-state index in [0.29, 0.717) is 5.69 Å². The fourth-order valence-electron chi connectivity index (χ4n) is 2.68. The fraction of sp³-hybridized carbons (Fsp3) is 0.400. The fourth-order valence-corrected chi connectivity index (χ4v) is 2.68. The van der Waals surface area contributed by atoms with Crippen molar-refractivity contribution in [1.82, 2.24) is 20.3 Å². The Kier molecular flexibility index (Phi) is 6.05. The minimum Gasteiger partial charge on any atom is -0.320 e. The van der Waals surface area contributed by atoms with Crippen molar-refractivity contribution >= 4 is 29.7 Å². The van der Waals surface area contributed by atoms with Gasteiger partial charge in [0.05, 0.1) is 22.8 Å². The lowest BCUT2D eigenvalue weighted by Crippen LogP contribution is -2.29. The third-order valence-electron chi connectivity index (χ3n) is 4.11. The number of nitro groups is 1. The van der Waals surface area contributed by atoms with Gasteiger partial charge in [-0.15, -0.1) is 17.5 Å². The molecule has 2 N–H and O–H groups in total. The number of non-ortho nitro benzene ring substituents is 1. The second kappa shape index (κ2) is 8.04. The van der Waals surface area contributed by atoms with E-state index >= 15 is 0 Å². The van der Waals surface area contributed by atoms with E-state index in [2.05, 4.69) is 20.9 Å². The summed E-state index contributed by atoms with van der Waals surface area (Å²) < 4.78 is 1.72. The summed E-state index contributed by atoms with van der Waals surface area (Å²) in [6.45, 7) is 3.60. The highest BCUT2D eigenvalue weighted by molar-refractivity contribution is 6.03. The highest BCUT2D eigenvalue weighted by Gasteiger charge is 2.19. The van der Waals surface area contributed by atoms with Crippen LogP contribution in [0.15, 0.2) is 24.4 Å². The number of nitrogens with zero attached hydrogens (tertiary/aromatic N) is 4. The average Bonchev–Trinajstić information content (AvgIpc) is 3.07. The molecule has 2 aromatic rings. The molecule has 25 heavy (non-hydrogen) atoms. The monoisotopic (exact) mass is 366 g/mol. The largest absolute Gasteiger partial charge is 0.320 e. The molecule has 0 aliphatic carbocycles. The molecule has 0 radical (unpaired) electrons. The molecule has 1 aliphatic rings. The lowest BCUT2D eigenvalue weighted by atomic mass is 10.1. The molecule has 3 rings (SSSR count). The van der Waals surface area contributed by atoms with Crippen LogP contribution in [0.25, 0.3) is 0 Å². The molecule has 0 atom stereocenters. The Morgan fingerprint density at radius 3 is 2.80 bits per heavy atom. The van der Waals surface area contributed by atoms with Crippen molar-refractivity contribution in [2.45, 2.75) is 25.8 Å². The van der Waals surface area contributed by atoms with E-state index in [1.165, 1.54) is 12.1 Å². The highest BCUT2D eigenvalue weighted by atomic mass is 35.5. The average molecular weight is 367 g/mol. The summed E-state index contributed by atoms with van der Waals surface area (Å²) in [6, 6.07) is 4.57. The van der Waals surface area contributed by atoms with Crippen LogP contribution in [-0.2, 0) is 0 Å². The van der Waals surface area contributed by atoms with Crippen LogP contribution in [0.4, 0.5) is 11.4 Å². The Balaban J connectivity index is 0.00000225. The standard InChI is InChI=1S/C15H18N6O3.ClH/c1-10-2-3-12(21(23)24)8-13(10)17-15(22)14-9-20(19-18-14)11-4-6-16-7-5-11;/h2-3,8-9,11,16H,4-7H2,1H3,(H,17,22);1H. The molecule has 2 heterocycles. The van der Waals surface area contributed by atoms with Gasteiger partial charge in [-0.05, 0) is 38.4 Å². The quantitative estimate of drug-likeness (QED) is 0.632. The zero-order chi connectivity index (χ0) is 17.1. The topological polar surface area (TPSA) is 115 Å². The van der Waals surface area contributed by atoms with E-state index in [1.807, 2.05) is 0 Å². The number of nitrogens with one attached hydrogen (secondary N) is 2. The molecule has 1 aromatic heterocycles. The number of carbonyl (C=O) groups excluding carboxylic acids is 1. The van der Waals surface area contributed by atoms with E-state index in [0.717, 1.165) is 31.5 Å². The maximum absolute atomic E-state index is 12.3. The van der Waals surface area contributed by atoms with Gasteiger partial charge in [-0.2, -0.15) is 0 Å². The second-order valence-corrected chi connectivity index (χ2v) is 5.78. The third kappa shape index (κ3) is 4.31. The number of hydrogen-bond acceptors (Lipinski definition) is 6. The van der Waals surface area contributed by atoms with Crippen molar-refractivity contribution in [1.29, 1.82) is 0 Å². The summed E-state index contributed by atoms with van der Waals surface area (Å²) in [7, 11) is 0. The summed E-state index contributed by atoms with van der Waals surface area (Å²) in [4.78, 5) is 22.7. The first-order valence-electron chi connectivity index (χ1n) is 7.73. The number of rotatable bonds is 4. The van der Waals surface area contributed by atoms with Crippen LogP contribution in [-0.4, -0.2) is 38.9 Å². The summed E-state index contributed by atoms with van der Waals surface area (Å²) in [5.41, 5.74) is 1.25. The van der Waals surface area contributed by atoms with Crippen molar-refractivity contribution in [3.05, 3.63) is 45.8 Å². The van der Waals surface area contributed by atoms with E-state index in [1.54, 1.807) is 23.9 Å². The van der Waals surface area contributed by atoms with Crippen LogP contribution in [0.1, 0.15) is 34.9 Å². The normalized spacial score (nSPS) is 14.6. The summed E-state index contributed by atoms with van der Waals surface area (Å²) in [5.74, 6) is -0.432. The predicted molar refractivity (Wildman–Crippen MR) is 94.2 cm³/mol. The van der Waals surface area contributed by atoms with Gasteiger partial charge in [0, 0.05) is 12.1 Å². The van der Waals surface area contributed by atoms with Gasteiger partial charge in [0.1, 0.15) is 0 Å². The number of aromatic nitrogens is 3. The zero-order valence-electron chi connectivity index (χ0n) is 13.6. The molecular weight excluding hydrogens is 348 g/mol. The van der Waals surface area contributed by atoms with Crippen LogP contribution in [0.2, 0.25) is 0 Å². The lowest BCUT2D eigenvalue weighted by Gasteiger charge is -2.22. The van der Waals surface area contributed by atoms with Gasteiger partial charge in [0.2, 0.25) is 0 Å². The first kappa shape index (κ1) is 18.8. The van der Waals surface area contributed by atoms with Crippen LogP contribution in [0.3, 0.4) is 0 Å². The van der Waals surface area contributed by atoms with Crippen molar-refractivity contribution in [3.63, 3.8) is 0 Å². The SMILES string of the molecule is Cc1ccc([N+](=O)[O-])cc1NC(=O)c1cn(C2CCNCC2)nn1.Cl. The Morgan fingerprint density at radius 1 is 1.40 bits per heavy atom. The number of benzene rings is 1. The Bertz CT molecular complexity index is 772. The van der Waals surface area contributed by atoms with E-state index in [9.17, 15) is 14.9 Å². The summed E-state index contributed by atoms with van der Waals surface area (Å²) in [6.07, 6.45) is 3.50. The smallest absolute Gasteiger partial charge is 0.277 e. The number of halogens is 1. The molecule has 1 aromatic carbocycles. The molecule has 1 fully saturated rings. The maximum atomic E-state index is 12.3. The van der Waals surface area contributed by atoms with Gasteiger partial charge in [-0.1, -0.05) is 11.3 Å². The maximum Gasteiger partial charge on any atom is 0.277 e. The van der Waals surface area contributed by atoms with E-state index in [4.69, 9.17) is 0 Å². The minimum atomic E-state index is -0.498. The van der Waals surface area contributed by atoms with Gasteiger partial charge in [0.15, 0.2) is 5.69 Å². The van der Waals surface area contributed by atoms with Gasteiger partial charge in [-0.3, -0.25) is 14.9 Å². The zero-order valence-corrected chi connectivity index (χ0v) is 14.5. The van der Waals surface area contributed by atoms with Gasteiger partial charge < -0.3 is 10.6 Å². The molecule has 9 nitrogen and oxygen atoms in total. The van der Waals surface area contributed by atoms with Crippen molar-refractivity contribution in [2.75, 3.05) is 18.4 Å². The molecule has 0 saturated carbocycles. The molecule has 0 bridgehead atoms. The summed E-state index contributed by atoms with van der Waals surface area (Å²) in [5, 5.41) is 24.8. The Labute approximate surface area is 150 Å². The van der Waals surface area contributed by atoms with Crippen LogP contribution in [0.5, 0.6) is 0 Å². The van der Waals surface area contributed by atoms with Crippen LogP contribution in [0, 0.1) is 17.0 Å². The second-order valence-electron chi connectivity index (χ2n) is 5.78. The molecule has 10 heteroatoms. The molecule has 134 valence electrons. The highest BCUT2D eigenvalue weighted by Crippen LogP contribution is 2.22. The molecule has 1 saturated heterocycles. The predicted octanol–water partition coefficient (Wildman–Crippen LogP) is 2.09. The summed E-state index contributed by atoms with van der Waals surface area (Å²) >= 11 is 0. The first-order valence-corrected chi connectivity index (χ1v) is 7.73. The molecule has 0 unspecified atom stereocenters. The molecule has 1 aliphatic heterocycles. The number of carbonyl (C=O) groups is 1. The van der Waals surface area contributed by atoms with Crippen molar-refractivity contribution in [2.24, 2.45) is 0 Å². The third-order valence-corrected chi connectivity index (χ3v) is 4.11. The molecule has 1 amide bonds. The van der Waals surface area contributed by atoms with E-state index < -0.39 is 10.8 Å². The number of piperidine rings is 1. The van der Waals surface area contributed by atoms with Gasteiger partial charge in [0.25, 0.3) is 11.6 Å². The number of amides is 1. The van der Waals surface area contributed by atoms with Gasteiger partial charge >= 0.3 is 0 Å². The number of nitro benzene ring substituents is 1. The number of aryl methyl sites for hydroxylation is 1. The lowest BCUT2D eigenvalue weighted by molar-refractivity contribution is -0.384. The first-order chi connectivity index (χ1) is 11.5. The van der Waals surface area contributed by atoms with E-state index in [-0.39, 0.29) is 29.8 Å². The number of hydrogen-bond donors (Lipinski definition) is 2. The Hall–Kier alpha value is -2.52. The van der Waals surface area contributed by atoms with Crippen LogP contribution < -0.4 is 10.6 Å². The molecular formula is C15H19ClN6O3. The number of anilines is 1.